The van der Waals surface area contributed by atoms with Crippen LogP contribution in [0.15, 0.2) is 0 Å². The number of fused-ring (bicyclic) bond motifs is 1. The molecule has 0 bridgehead atoms. The summed E-state index contributed by atoms with van der Waals surface area (Å²) in [5.74, 6) is 1.99. The highest BCUT2D eigenvalue weighted by Gasteiger charge is 2.43. The predicted molar refractivity (Wildman–Crippen MR) is 76.7 cm³/mol. The second kappa shape index (κ2) is 5.50. The average Bonchev–Trinajstić information content (AvgIpc) is 2.76. The minimum Gasteiger partial charge on any atom is -0.314 e. The van der Waals surface area contributed by atoms with Gasteiger partial charge in [0.1, 0.15) is 0 Å². The van der Waals surface area contributed by atoms with Gasteiger partial charge in [0, 0.05) is 18.1 Å². The van der Waals surface area contributed by atoms with Crippen molar-refractivity contribution in [1.29, 1.82) is 0 Å². The van der Waals surface area contributed by atoms with Crippen molar-refractivity contribution in [3.63, 3.8) is 0 Å². The molecule has 1 N–H and O–H groups in total. The van der Waals surface area contributed by atoms with Crippen molar-refractivity contribution >= 4 is 0 Å². The highest BCUT2D eigenvalue weighted by molar-refractivity contribution is 4.98. The molecule has 104 valence electrons. The first-order valence-corrected chi connectivity index (χ1v) is 8.25. The van der Waals surface area contributed by atoms with Crippen molar-refractivity contribution in [2.24, 2.45) is 11.8 Å². The van der Waals surface area contributed by atoms with E-state index in [0.717, 1.165) is 23.9 Å². The summed E-state index contributed by atoms with van der Waals surface area (Å²) in [6, 6.07) is 2.53. The predicted octanol–water partition coefficient (Wildman–Crippen LogP) is 3.03. The molecule has 2 aliphatic carbocycles. The molecule has 1 heterocycles. The number of rotatable bonds is 4. The smallest absolute Gasteiger partial charge is 0.0139 e. The number of hydrogen-bond donors (Lipinski definition) is 1. The molecular weight excluding hydrogens is 220 g/mol. The molecular formula is C16H30N2. The van der Waals surface area contributed by atoms with Crippen LogP contribution in [0.25, 0.3) is 0 Å². The van der Waals surface area contributed by atoms with Crippen LogP contribution in [-0.4, -0.2) is 36.1 Å². The molecule has 4 unspecified atom stereocenters. The van der Waals surface area contributed by atoms with Crippen LogP contribution < -0.4 is 5.32 Å². The molecule has 3 aliphatic rings. The molecule has 2 heteroatoms. The van der Waals surface area contributed by atoms with Crippen molar-refractivity contribution in [2.75, 3.05) is 13.1 Å². The van der Waals surface area contributed by atoms with E-state index in [0.29, 0.717) is 6.04 Å². The van der Waals surface area contributed by atoms with Crippen LogP contribution in [0.4, 0.5) is 0 Å². The molecule has 2 saturated carbocycles. The molecule has 1 saturated heterocycles. The van der Waals surface area contributed by atoms with E-state index in [1.54, 1.807) is 0 Å². The number of nitrogens with zero attached hydrogens (tertiary/aromatic N) is 1. The van der Waals surface area contributed by atoms with Crippen LogP contribution in [-0.2, 0) is 0 Å². The van der Waals surface area contributed by atoms with Crippen LogP contribution in [0.2, 0.25) is 0 Å². The van der Waals surface area contributed by atoms with Gasteiger partial charge >= 0.3 is 0 Å². The van der Waals surface area contributed by atoms with Gasteiger partial charge in [-0.3, -0.25) is 4.90 Å². The van der Waals surface area contributed by atoms with Crippen LogP contribution in [0, 0.1) is 11.8 Å². The summed E-state index contributed by atoms with van der Waals surface area (Å²) in [4.78, 5) is 2.93. The van der Waals surface area contributed by atoms with E-state index in [1.807, 2.05) is 0 Å². The Bertz CT molecular complexity index is 276. The van der Waals surface area contributed by atoms with Gasteiger partial charge in [-0.2, -0.15) is 0 Å². The highest BCUT2D eigenvalue weighted by Crippen LogP contribution is 2.42. The summed E-state index contributed by atoms with van der Waals surface area (Å²) in [6.45, 7) is 7.17. The molecule has 18 heavy (non-hydrogen) atoms. The second-order valence-corrected chi connectivity index (χ2v) is 7.11. The lowest BCUT2D eigenvalue weighted by atomic mass is 9.75. The minimum atomic E-state index is 0.645. The Morgan fingerprint density at radius 3 is 2.56 bits per heavy atom. The summed E-state index contributed by atoms with van der Waals surface area (Å²) >= 11 is 0. The van der Waals surface area contributed by atoms with Gasteiger partial charge in [0.05, 0.1) is 0 Å². The van der Waals surface area contributed by atoms with Crippen LogP contribution in [0.3, 0.4) is 0 Å². The first kappa shape index (κ1) is 12.9. The Labute approximate surface area is 113 Å². The van der Waals surface area contributed by atoms with E-state index < -0.39 is 0 Å². The van der Waals surface area contributed by atoms with Crippen LogP contribution >= 0.6 is 0 Å². The van der Waals surface area contributed by atoms with Gasteiger partial charge in [-0.1, -0.05) is 20.3 Å². The first-order valence-electron chi connectivity index (χ1n) is 8.25. The zero-order valence-electron chi connectivity index (χ0n) is 12.2. The number of likely N-dealkylation sites (tertiary alicyclic amines) is 1. The standard InChI is InChI=1S/C16H30N2/c1-12(2)17-11-14-8-9-16(14)18-10-4-6-13-5-3-7-15(13)18/h12-17H,3-11H2,1-2H3. The minimum absolute atomic E-state index is 0.645. The fourth-order valence-corrected chi connectivity index (χ4v) is 4.52. The third kappa shape index (κ3) is 2.46. The maximum atomic E-state index is 3.65. The lowest BCUT2D eigenvalue weighted by Crippen LogP contribution is -2.57. The van der Waals surface area contributed by atoms with Gasteiger partial charge in [0.25, 0.3) is 0 Å². The van der Waals surface area contributed by atoms with Crippen molar-refractivity contribution in [3.05, 3.63) is 0 Å². The molecule has 2 nitrogen and oxygen atoms in total. The SMILES string of the molecule is CC(C)NCC1CCC1N1CCCC2CCCC21. The molecule has 1 aliphatic heterocycles. The van der Waals surface area contributed by atoms with E-state index in [1.165, 1.54) is 58.0 Å². The third-order valence-corrected chi connectivity index (χ3v) is 5.63. The molecule has 0 aromatic heterocycles. The zero-order chi connectivity index (χ0) is 12.5. The van der Waals surface area contributed by atoms with E-state index in [2.05, 4.69) is 24.1 Å². The van der Waals surface area contributed by atoms with Crippen molar-refractivity contribution in [1.82, 2.24) is 10.2 Å². The van der Waals surface area contributed by atoms with Crippen molar-refractivity contribution in [3.8, 4) is 0 Å². The van der Waals surface area contributed by atoms with Crippen molar-refractivity contribution < 1.29 is 0 Å². The van der Waals surface area contributed by atoms with E-state index in [9.17, 15) is 0 Å². The summed E-state index contributed by atoms with van der Waals surface area (Å²) in [5.41, 5.74) is 0. The quantitative estimate of drug-likeness (QED) is 0.825. The molecule has 0 aromatic carbocycles. The molecule has 0 spiro atoms. The van der Waals surface area contributed by atoms with Gasteiger partial charge in [-0.05, 0) is 63.5 Å². The fraction of sp³-hybridized carbons (Fsp3) is 1.00. The summed E-state index contributed by atoms with van der Waals surface area (Å²) in [5, 5.41) is 3.65. The van der Waals surface area contributed by atoms with Crippen molar-refractivity contribution in [2.45, 2.75) is 76.9 Å². The lowest BCUT2D eigenvalue weighted by Gasteiger charge is -2.50. The van der Waals surface area contributed by atoms with E-state index >= 15 is 0 Å². The Morgan fingerprint density at radius 1 is 1.00 bits per heavy atom. The van der Waals surface area contributed by atoms with Gasteiger partial charge < -0.3 is 5.32 Å². The zero-order valence-corrected chi connectivity index (χ0v) is 12.2. The van der Waals surface area contributed by atoms with Crippen LogP contribution in [0.5, 0.6) is 0 Å². The number of nitrogens with one attached hydrogen (secondary N) is 1. The highest BCUT2D eigenvalue weighted by atomic mass is 15.2. The summed E-state index contributed by atoms with van der Waals surface area (Å²) < 4.78 is 0. The Balaban J connectivity index is 1.56. The Hall–Kier alpha value is -0.0800. The van der Waals surface area contributed by atoms with E-state index in [-0.39, 0.29) is 0 Å². The first-order chi connectivity index (χ1) is 8.75. The fourth-order valence-electron chi connectivity index (χ4n) is 4.52. The number of piperidine rings is 1. The summed E-state index contributed by atoms with van der Waals surface area (Å²) in [7, 11) is 0. The maximum absolute atomic E-state index is 3.65. The molecule has 4 atom stereocenters. The molecule has 0 radical (unpaired) electrons. The van der Waals surface area contributed by atoms with Crippen LogP contribution in [0.1, 0.15) is 58.8 Å². The Kier molecular flexibility index (Phi) is 3.95. The van der Waals surface area contributed by atoms with Gasteiger partial charge in [0.2, 0.25) is 0 Å². The monoisotopic (exact) mass is 250 g/mol. The Morgan fingerprint density at radius 2 is 1.83 bits per heavy atom. The maximum Gasteiger partial charge on any atom is 0.0139 e. The molecule has 3 rings (SSSR count). The molecule has 0 amide bonds. The van der Waals surface area contributed by atoms with Gasteiger partial charge in [-0.25, -0.2) is 0 Å². The van der Waals surface area contributed by atoms with Gasteiger partial charge in [-0.15, -0.1) is 0 Å². The third-order valence-electron chi connectivity index (χ3n) is 5.63. The normalized spacial score (nSPS) is 40.8. The summed E-state index contributed by atoms with van der Waals surface area (Å²) in [6.07, 6.45) is 10.4. The second-order valence-electron chi connectivity index (χ2n) is 7.11. The lowest BCUT2D eigenvalue weighted by molar-refractivity contribution is -0.00778. The largest absolute Gasteiger partial charge is 0.314 e. The molecule has 3 fully saturated rings. The molecule has 0 aromatic rings. The van der Waals surface area contributed by atoms with E-state index in [4.69, 9.17) is 0 Å². The number of hydrogen-bond acceptors (Lipinski definition) is 2. The van der Waals surface area contributed by atoms with Gasteiger partial charge in [0.15, 0.2) is 0 Å². The topological polar surface area (TPSA) is 15.3 Å². The average molecular weight is 250 g/mol.